The summed E-state index contributed by atoms with van der Waals surface area (Å²) in [5.74, 6) is 0.287. The predicted octanol–water partition coefficient (Wildman–Crippen LogP) is 2.59. The van der Waals surface area contributed by atoms with Crippen molar-refractivity contribution >= 4 is 17.7 Å². The highest BCUT2D eigenvalue weighted by Gasteiger charge is 2.39. The number of nitrogens with zero attached hydrogens (tertiary/aromatic N) is 3. The number of carbonyl (C=O) groups is 3. The van der Waals surface area contributed by atoms with Gasteiger partial charge < -0.3 is 19.4 Å². The third-order valence-corrected chi connectivity index (χ3v) is 6.45. The highest BCUT2D eigenvalue weighted by atomic mass is 16.5. The van der Waals surface area contributed by atoms with E-state index in [0.29, 0.717) is 44.0 Å². The van der Waals surface area contributed by atoms with Gasteiger partial charge in [0.1, 0.15) is 5.75 Å². The minimum atomic E-state index is -0.325. The summed E-state index contributed by atoms with van der Waals surface area (Å²) in [5.41, 5.74) is 1.65. The monoisotopic (exact) mass is 435 g/mol. The van der Waals surface area contributed by atoms with Crippen LogP contribution >= 0.6 is 0 Å². The molecule has 32 heavy (non-hydrogen) atoms. The molecule has 7 nitrogen and oxygen atoms in total. The van der Waals surface area contributed by atoms with E-state index >= 15 is 0 Å². The fraction of sp³-hybridized carbons (Fsp3) is 0.400. The molecular weight excluding hydrogens is 406 g/mol. The van der Waals surface area contributed by atoms with Gasteiger partial charge in [0.25, 0.3) is 5.91 Å². The van der Waals surface area contributed by atoms with Crippen LogP contribution in [0.4, 0.5) is 0 Å². The van der Waals surface area contributed by atoms with Crippen LogP contribution in [0.3, 0.4) is 0 Å². The summed E-state index contributed by atoms with van der Waals surface area (Å²) in [6.45, 7) is 4.36. The van der Waals surface area contributed by atoms with Gasteiger partial charge >= 0.3 is 0 Å². The molecule has 168 valence electrons. The average molecular weight is 436 g/mol. The van der Waals surface area contributed by atoms with Gasteiger partial charge in [-0.05, 0) is 30.7 Å². The third-order valence-electron chi connectivity index (χ3n) is 6.45. The van der Waals surface area contributed by atoms with Crippen molar-refractivity contribution in [3.63, 3.8) is 0 Å². The van der Waals surface area contributed by atoms with Crippen molar-refractivity contribution in [3.8, 4) is 5.75 Å². The Labute approximate surface area is 188 Å². The Kier molecular flexibility index (Phi) is 6.44. The molecule has 2 fully saturated rings. The van der Waals surface area contributed by atoms with Crippen molar-refractivity contribution < 1.29 is 19.1 Å². The number of hydrogen-bond donors (Lipinski definition) is 0. The van der Waals surface area contributed by atoms with E-state index in [0.717, 1.165) is 5.56 Å². The minimum absolute atomic E-state index is 0.00888. The molecule has 2 saturated heterocycles. The smallest absolute Gasteiger partial charge is 0.254 e. The summed E-state index contributed by atoms with van der Waals surface area (Å²) in [5, 5.41) is 0. The number of likely N-dealkylation sites (tertiary alicyclic amines) is 1. The largest absolute Gasteiger partial charge is 0.497 e. The van der Waals surface area contributed by atoms with Gasteiger partial charge in [-0.1, -0.05) is 36.4 Å². The van der Waals surface area contributed by atoms with E-state index in [4.69, 9.17) is 4.74 Å². The molecule has 2 aliphatic rings. The van der Waals surface area contributed by atoms with Gasteiger partial charge in [0, 0.05) is 44.7 Å². The quantitative estimate of drug-likeness (QED) is 0.724. The van der Waals surface area contributed by atoms with Gasteiger partial charge in [-0.15, -0.1) is 0 Å². The van der Waals surface area contributed by atoms with E-state index in [9.17, 15) is 14.4 Å². The molecule has 2 aromatic carbocycles. The molecule has 7 heteroatoms. The summed E-state index contributed by atoms with van der Waals surface area (Å²) < 4.78 is 5.20. The second-order valence-electron chi connectivity index (χ2n) is 8.38. The van der Waals surface area contributed by atoms with Crippen molar-refractivity contribution in [2.24, 2.45) is 5.92 Å². The Morgan fingerprint density at radius 2 is 1.66 bits per heavy atom. The molecular formula is C25H29N3O4. The molecule has 4 rings (SSSR count). The summed E-state index contributed by atoms with van der Waals surface area (Å²) in [4.78, 5) is 43.9. The maximum absolute atomic E-state index is 13.1. The van der Waals surface area contributed by atoms with Gasteiger partial charge in [-0.3, -0.25) is 14.4 Å². The Balaban J connectivity index is 1.33. The van der Waals surface area contributed by atoms with E-state index in [1.807, 2.05) is 37.3 Å². The van der Waals surface area contributed by atoms with E-state index < -0.39 is 0 Å². The van der Waals surface area contributed by atoms with Crippen LogP contribution < -0.4 is 4.74 Å². The van der Waals surface area contributed by atoms with Gasteiger partial charge in [0.2, 0.25) is 11.8 Å². The molecule has 0 bridgehead atoms. The number of hydrogen-bond acceptors (Lipinski definition) is 4. The number of rotatable bonds is 5. The Bertz CT molecular complexity index is 986. The van der Waals surface area contributed by atoms with Gasteiger partial charge in [0.05, 0.1) is 19.1 Å². The number of ether oxygens (including phenoxy) is 1. The SMILES string of the molecule is COc1cccc(C(=O)N2CCN(C(=O)C3CC(=O)N(C(C)c4ccccc4)C3)CC2)c1. The number of amides is 3. The predicted molar refractivity (Wildman–Crippen MR) is 120 cm³/mol. The molecule has 0 radical (unpaired) electrons. The number of piperazine rings is 1. The van der Waals surface area contributed by atoms with E-state index in [1.54, 1.807) is 46.1 Å². The lowest BCUT2D eigenvalue weighted by molar-refractivity contribution is -0.137. The first-order valence-electron chi connectivity index (χ1n) is 11.0. The standard InChI is InChI=1S/C25H29N3O4/c1-18(19-7-4-3-5-8-19)28-17-21(16-23(28)29)25(31)27-13-11-26(12-14-27)24(30)20-9-6-10-22(15-20)32-2/h3-10,15,18,21H,11-14,16-17H2,1-2H3. The van der Waals surface area contributed by atoms with Crippen LogP contribution in [0.25, 0.3) is 0 Å². The zero-order chi connectivity index (χ0) is 22.7. The van der Waals surface area contributed by atoms with Crippen molar-refractivity contribution in [2.45, 2.75) is 19.4 Å². The third kappa shape index (κ3) is 4.47. The van der Waals surface area contributed by atoms with Crippen LogP contribution in [-0.2, 0) is 9.59 Å². The lowest BCUT2D eigenvalue weighted by Crippen LogP contribution is -2.52. The fourth-order valence-electron chi connectivity index (χ4n) is 4.51. The summed E-state index contributed by atoms with van der Waals surface area (Å²) in [7, 11) is 1.57. The zero-order valence-corrected chi connectivity index (χ0v) is 18.6. The van der Waals surface area contributed by atoms with Crippen LogP contribution in [0.5, 0.6) is 5.75 Å². The normalized spacial score (nSPS) is 19.8. The maximum atomic E-state index is 13.1. The Morgan fingerprint density at radius 1 is 0.969 bits per heavy atom. The van der Waals surface area contributed by atoms with Crippen molar-refractivity contribution in [1.29, 1.82) is 0 Å². The molecule has 0 N–H and O–H groups in total. The summed E-state index contributed by atoms with van der Waals surface area (Å²) >= 11 is 0. The van der Waals surface area contributed by atoms with Crippen molar-refractivity contribution in [2.75, 3.05) is 39.8 Å². The first-order valence-corrected chi connectivity index (χ1v) is 11.0. The molecule has 0 aromatic heterocycles. The highest BCUT2D eigenvalue weighted by Crippen LogP contribution is 2.29. The van der Waals surface area contributed by atoms with Crippen LogP contribution in [0.1, 0.15) is 35.3 Å². The summed E-state index contributed by atoms with van der Waals surface area (Å²) in [6.07, 6.45) is 0.249. The Morgan fingerprint density at radius 3 is 2.34 bits per heavy atom. The van der Waals surface area contributed by atoms with Crippen LogP contribution in [0.2, 0.25) is 0 Å². The van der Waals surface area contributed by atoms with Gasteiger partial charge in [-0.2, -0.15) is 0 Å². The lowest BCUT2D eigenvalue weighted by Gasteiger charge is -2.36. The van der Waals surface area contributed by atoms with E-state index in [2.05, 4.69) is 0 Å². The fourth-order valence-corrected chi connectivity index (χ4v) is 4.51. The second-order valence-corrected chi connectivity index (χ2v) is 8.38. The molecule has 0 saturated carbocycles. The molecule has 2 aliphatic heterocycles. The van der Waals surface area contributed by atoms with Gasteiger partial charge in [0.15, 0.2) is 0 Å². The van der Waals surface area contributed by atoms with Crippen LogP contribution in [-0.4, -0.2) is 72.3 Å². The highest BCUT2D eigenvalue weighted by molar-refractivity contribution is 5.95. The van der Waals surface area contributed by atoms with E-state index in [-0.39, 0.29) is 36.1 Å². The number of methoxy groups -OCH3 is 1. The topological polar surface area (TPSA) is 70.2 Å². The lowest BCUT2D eigenvalue weighted by atomic mass is 10.1. The number of carbonyl (C=O) groups excluding carboxylic acids is 3. The van der Waals surface area contributed by atoms with E-state index in [1.165, 1.54) is 0 Å². The van der Waals surface area contributed by atoms with Crippen LogP contribution in [0.15, 0.2) is 54.6 Å². The molecule has 2 heterocycles. The molecule has 3 amide bonds. The first kappa shape index (κ1) is 21.9. The van der Waals surface area contributed by atoms with Crippen molar-refractivity contribution in [1.82, 2.24) is 14.7 Å². The van der Waals surface area contributed by atoms with Crippen LogP contribution in [0, 0.1) is 5.92 Å². The second kappa shape index (κ2) is 9.42. The number of benzene rings is 2. The average Bonchev–Trinajstić information content (AvgIpc) is 3.24. The molecule has 2 unspecified atom stereocenters. The van der Waals surface area contributed by atoms with Crippen molar-refractivity contribution in [3.05, 3.63) is 65.7 Å². The zero-order valence-electron chi connectivity index (χ0n) is 18.6. The molecule has 2 aromatic rings. The molecule has 0 aliphatic carbocycles. The molecule has 2 atom stereocenters. The van der Waals surface area contributed by atoms with Gasteiger partial charge in [-0.25, -0.2) is 0 Å². The minimum Gasteiger partial charge on any atom is -0.497 e. The Hall–Kier alpha value is -3.35. The first-order chi connectivity index (χ1) is 15.5. The maximum Gasteiger partial charge on any atom is 0.254 e. The molecule has 0 spiro atoms. The summed E-state index contributed by atoms with van der Waals surface area (Å²) in [6, 6.07) is 16.9.